The number of hydrogen-bond donors (Lipinski definition) is 1. The summed E-state index contributed by atoms with van der Waals surface area (Å²) < 4.78 is 10.9. The van der Waals surface area contributed by atoms with Crippen LogP contribution in [-0.4, -0.2) is 81.3 Å². The quantitative estimate of drug-likeness (QED) is 0.295. The molecule has 1 saturated carbocycles. The number of halogens is 1. The first-order valence-electron chi connectivity index (χ1n) is 11.2. The number of thiazole rings is 1. The van der Waals surface area contributed by atoms with Crippen molar-refractivity contribution in [1.82, 2.24) is 20.1 Å². The third-order valence-electron chi connectivity index (χ3n) is 6.44. The first kappa shape index (κ1) is 26.8. The van der Waals surface area contributed by atoms with Gasteiger partial charge in [-0.15, -0.1) is 35.3 Å². The Bertz CT molecular complexity index is 675. The number of hydrogen-bond acceptors (Lipinski definition) is 6. The van der Waals surface area contributed by atoms with Crippen LogP contribution in [0.25, 0.3) is 0 Å². The van der Waals surface area contributed by atoms with Gasteiger partial charge in [-0.05, 0) is 19.8 Å². The first-order chi connectivity index (χ1) is 14.5. The summed E-state index contributed by atoms with van der Waals surface area (Å²) in [6.07, 6.45) is 6.66. The third-order valence-corrected chi connectivity index (χ3v) is 7.50. The highest BCUT2D eigenvalue weighted by Gasteiger charge is 2.34. The Morgan fingerprint density at radius 3 is 2.71 bits per heavy atom. The van der Waals surface area contributed by atoms with Crippen molar-refractivity contribution in [1.29, 1.82) is 0 Å². The molecule has 0 amide bonds. The number of rotatable bonds is 8. The standard InChI is InChI=1S/C22H39N5O2S.HI/c1-18(28-4)20-25-19(15-30-20)14-26(3)21(23-2)24-16-22(8-6-5-7-9-22)17-27-10-12-29-13-11-27;/h15,18H,5-14,16-17H2,1-4H3,(H,23,24);1H. The second-order valence-electron chi connectivity index (χ2n) is 8.76. The SMILES string of the molecule is CN=C(NCC1(CN2CCOCC2)CCCCC1)N(C)Cc1csc(C(C)OC)n1.I. The van der Waals surface area contributed by atoms with E-state index in [0.29, 0.717) is 5.41 Å². The molecule has 3 rings (SSSR count). The lowest BCUT2D eigenvalue weighted by Gasteiger charge is -2.43. The first-order valence-corrected chi connectivity index (χ1v) is 12.1. The summed E-state index contributed by atoms with van der Waals surface area (Å²) in [4.78, 5) is 14.0. The maximum Gasteiger partial charge on any atom is 0.193 e. The molecule has 1 aliphatic heterocycles. The van der Waals surface area contributed by atoms with Crippen LogP contribution in [-0.2, 0) is 16.0 Å². The topological polar surface area (TPSA) is 62.2 Å². The van der Waals surface area contributed by atoms with Crippen molar-refractivity contribution in [2.24, 2.45) is 10.4 Å². The molecular formula is C22H40IN5O2S. The van der Waals surface area contributed by atoms with Crippen LogP contribution in [0.15, 0.2) is 10.4 Å². The fourth-order valence-electron chi connectivity index (χ4n) is 4.58. The molecule has 1 aliphatic carbocycles. The van der Waals surface area contributed by atoms with Crippen molar-refractivity contribution >= 4 is 41.3 Å². The predicted octanol–water partition coefficient (Wildman–Crippen LogP) is 3.76. The average molecular weight is 566 g/mol. The number of methoxy groups -OCH3 is 1. The molecule has 1 N–H and O–H groups in total. The van der Waals surface area contributed by atoms with Gasteiger partial charge in [-0.25, -0.2) is 4.98 Å². The Kier molecular flexibility index (Phi) is 11.5. The summed E-state index contributed by atoms with van der Waals surface area (Å²) in [5.41, 5.74) is 1.39. The number of aliphatic imine (C=N–C) groups is 1. The smallest absolute Gasteiger partial charge is 0.193 e. The number of morpholine rings is 1. The van der Waals surface area contributed by atoms with Gasteiger partial charge in [0.05, 0.1) is 25.5 Å². The van der Waals surface area contributed by atoms with Gasteiger partial charge in [0.2, 0.25) is 0 Å². The van der Waals surface area contributed by atoms with E-state index in [9.17, 15) is 0 Å². The Labute approximate surface area is 209 Å². The zero-order chi connectivity index (χ0) is 21.4. The molecule has 2 aliphatic rings. The number of ether oxygens (including phenoxy) is 2. The minimum atomic E-state index is 0. The zero-order valence-corrected chi connectivity index (χ0v) is 22.7. The van der Waals surface area contributed by atoms with Crippen LogP contribution < -0.4 is 5.32 Å². The molecule has 0 spiro atoms. The summed E-state index contributed by atoms with van der Waals surface area (Å²) in [5.74, 6) is 0.941. The number of nitrogens with one attached hydrogen (secondary N) is 1. The molecule has 1 aromatic rings. The fourth-order valence-corrected chi connectivity index (χ4v) is 5.42. The Morgan fingerprint density at radius 1 is 1.35 bits per heavy atom. The minimum Gasteiger partial charge on any atom is -0.379 e. The van der Waals surface area contributed by atoms with Gasteiger partial charge in [0, 0.05) is 58.2 Å². The van der Waals surface area contributed by atoms with E-state index in [4.69, 9.17) is 14.5 Å². The summed E-state index contributed by atoms with van der Waals surface area (Å²) >= 11 is 1.66. The van der Waals surface area contributed by atoms with Crippen LogP contribution in [0, 0.1) is 5.41 Å². The van der Waals surface area contributed by atoms with E-state index in [1.54, 1.807) is 18.4 Å². The van der Waals surface area contributed by atoms with Crippen molar-refractivity contribution in [2.75, 3.05) is 60.6 Å². The zero-order valence-electron chi connectivity index (χ0n) is 19.6. The Morgan fingerprint density at radius 2 is 2.06 bits per heavy atom. The van der Waals surface area contributed by atoms with E-state index in [1.807, 2.05) is 14.0 Å². The lowest BCUT2D eigenvalue weighted by molar-refractivity contribution is 0.00809. The van der Waals surface area contributed by atoms with Crippen LogP contribution in [0.2, 0.25) is 0 Å². The van der Waals surface area contributed by atoms with Gasteiger partial charge in [-0.2, -0.15) is 0 Å². The molecule has 0 aromatic carbocycles. The molecular weight excluding hydrogens is 525 g/mol. The number of aromatic nitrogens is 1. The van der Waals surface area contributed by atoms with Gasteiger partial charge in [-0.3, -0.25) is 9.89 Å². The number of guanidine groups is 1. The minimum absolute atomic E-state index is 0. The van der Waals surface area contributed by atoms with Gasteiger partial charge >= 0.3 is 0 Å². The van der Waals surface area contributed by atoms with E-state index >= 15 is 0 Å². The largest absolute Gasteiger partial charge is 0.379 e. The number of nitrogens with zero attached hydrogens (tertiary/aromatic N) is 4. The Balaban J connectivity index is 0.00000341. The second kappa shape index (κ2) is 13.3. The summed E-state index contributed by atoms with van der Waals surface area (Å²) in [6.45, 7) is 8.76. The molecule has 31 heavy (non-hydrogen) atoms. The molecule has 1 unspecified atom stereocenters. The van der Waals surface area contributed by atoms with Crippen molar-refractivity contribution in [3.05, 3.63) is 16.1 Å². The van der Waals surface area contributed by atoms with Gasteiger partial charge in [-0.1, -0.05) is 19.3 Å². The van der Waals surface area contributed by atoms with Crippen molar-refractivity contribution < 1.29 is 9.47 Å². The molecule has 2 heterocycles. The van der Waals surface area contributed by atoms with E-state index in [0.717, 1.165) is 62.6 Å². The fraction of sp³-hybridized carbons (Fsp3) is 0.818. The summed E-state index contributed by atoms with van der Waals surface area (Å²) in [5, 5.41) is 6.84. The molecule has 9 heteroatoms. The van der Waals surface area contributed by atoms with Crippen LogP contribution in [0.3, 0.4) is 0 Å². The van der Waals surface area contributed by atoms with Crippen LogP contribution in [0.4, 0.5) is 0 Å². The summed E-state index contributed by atoms with van der Waals surface area (Å²) in [7, 11) is 5.68. The van der Waals surface area contributed by atoms with Crippen LogP contribution >= 0.6 is 35.3 Å². The van der Waals surface area contributed by atoms with Gasteiger partial charge in [0.25, 0.3) is 0 Å². The second-order valence-corrected chi connectivity index (χ2v) is 9.65. The Hall–Kier alpha value is -0.490. The lowest BCUT2D eigenvalue weighted by Crippen LogP contribution is -2.51. The van der Waals surface area contributed by atoms with E-state index in [1.165, 1.54) is 32.1 Å². The van der Waals surface area contributed by atoms with Crippen molar-refractivity contribution in [3.63, 3.8) is 0 Å². The van der Waals surface area contributed by atoms with Crippen molar-refractivity contribution in [2.45, 2.75) is 51.7 Å². The summed E-state index contributed by atoms with van der Waals surface area (Å²) in [6, 6.07) is 0. The van der Waals surface area contributed by atoms with E-state index < -0.39 is 0 Å². The average Bonchev–Trinajstić information content (AvgIpc) is 3.23. The molecule has 7 nitrogen and oxygen atoms in total. The maximum atomic E-state index is 5.55. The highest BCUT2D eigenvalue weighted by atomic mass is 127. The molecule has 1 saturated heterocycles. The van der Waals surface area contributed by atoms with Gasteiger partial charge in [0.1, 0.15) is 11.1 Å². The highest BCUT2D eigenvalue weighted by molar-refractivity contribution is 14.0. The van der Waals surface area contributed by atoms with Gasteiger partial charge < -0.3 is 19.7 Å². The maximum absolute atomic E-state index is 5.55. The van der Waals surface area contributed by atoms with Gasteiger partial charge in [0.15, 0.2) is 5.96 Å². The molecule has 1 atom stereocenters. The van der Waals surface area contributed by atoms with Crippen LogP contribution in [0.1, 0.15) is 55.8 Å². The van der Waals surface area contributed by atoms with E-state index in [2.05, 4.69) is 32.5 Å². The van der Waals surface area contributed by atoms with E-state index in [-0.39, 0.29) is 30.1 Å². The molecule has 178 valence electrons. The molecule has 0 radical (unpaired) electrons. The third kappa shape index (κ3) is 7.80. The lowest BCUT2D eigenvalue weighted by atomic mass is 9.73. The molecule has 0 bridgehead atoms. The normalized spacial score (nSPS) is 20.7. The highest BCUT2D eigenvalue weighted by Crippen LogP contribution is 2.37. The van der Waals surface area contributed by atoms with Crippen molar-refractivity contribution in [3.8, 4) is 0 Å². The monoisotopic (exact) mass is 565 g/mol. The van der Waals surface area contributed by atoms with Crippen LogP contribution in [0.5, 0.6) is 0 Å². The predicted molar refractivity (Wildman–Crippen MR) is 139 cm³/mol. The molecule has 1 aromatic heterocycles. The molecule has 2 fully saturated rings.